The minimum absolute atomic E-state index is 0.0176. The number of ketones is 2. The molecule has 1 N–H and O–H groups in total. The van der Waals surface area contributed by atoms with Crippen LogP contribution in [-0.2, 0) is 14.4 Å². The molecule has 0 spiro atoms. The summed E-state index contributed by atoms with van der Waals surface area (Å²) in [6.07, 6.45) is 4.70. The Morgan fingerprint density at radius 2 is 1.76 bits per heavy atom. The van der Waals surface area contributed by atoms with Gasteiger partial charge in [0.1, 0.15) is 0 Å². The van der Waals surface area contributed by atoms with E-state index in [1.165, 1.54) is 26.2 Å². The van der Waals surface area contributed by atoms with Crippen LogP contribution in [0.1, 0.15) is 70.9 Å². The highest BCUT2D eigenvalue weighted by Gasteiger charge is 2.38. The maximum atomic E-state index is 12.3. The molecule has 0 saturated heterocycles. The van der Waals surface area contributed by atoms with Crippen molar-refractivity contribution in [2.75, 3.05) is 0 Å². The predicted octanol–water partition coefficient (Wildman–Crippen LogP) is 4.00. The van der Waals surface area contributed by atoms with Gasteiger partial charge in [0, 0.05) is 19.8 Å². The van der Waals surface area contributed by atoms with Gasteiger partial charge < -0.3 is 5.32 Å². The zero-order valence-electron chi connectivity index (χ0n) is 15.5. The van der Waals surface area contributed by atoms with Crippen LogP contribution in [0.25, 0.3) is 0 Å². The Bertz CT molecular complexity index is 619. The molecule has 4 heteroatoms. The Hall–Kier alpha value is -1.97. The number of rotatable bonds is 10. The van der Waals surface area contributed by atoms with Gasteiger partial charge in [0.15, 0.2) is 11.6 Å². The van der Waals surface area contributed by atoms with E-state index in [0.29, 0.717) is 11.3 Å². The third kappa shape index (κ3) is 6.45. The van der Waals surface area contributed by atoms with Gasteiger partial charge in [0.05, 0.1) is 6.04 Å². The van der Waals surface area contributed by atoms with Crippen LogP contribution in [0.5, 0.6) is 0 Å². The first-order valence-corrected chi connectivity index (χ1v) is 9.17. The van der Waals surface area contributed by atoms with Crippen molar-refractivity contribution in [3.05, 3.63) is 35.9 Å². The molecule has 136 valence electrons. The quantitative estimate of drug-likeness (QED) is 0.653. The molecule has 1 saturated carbocycles. The fourth-order valence-corrected chi connectivity index (χ4v) is 3.38. The molecule has 0 bridgehead atoms. The summed E-state index contributed by atoms with van der Waals surface area (Å²) in [4.78, 5) is 34.7. The molecular formula is C21H29NO3. The number of carbonyl (C=O) groups is 3. The van der Waals surface area contributed by atoms with Crippen LogP contribution in [0.4, 0.5) is 0 Å². The van der Waals surface area contributed by atoms with Crippen LogP contribution < -0.4 is 5.32 Å². The lowest BCUT2D eigenvalue weighted by Gasteiger charge is -2.24. The molecule has 1 aliphatic rings. The predicted molar refractivity (Wildman–Crippen MR) is 98.0 cm³/mol. The summed E-state index contributed by atoms with van der Waals surface area (Å²) >= 11 is 0. The van der Waals surface area contributed by atoms with Gasteiger partial charge in [-0.05, 0) is 42.6 Å². The fourth-order valence-electron chi connectivity index (χ4n) is 3.38. The first kappa shape index (κ1) is 19.4. The second-order valence-electron chi connectivity index (χ2n) is 7.87. The summed E-state index contributed by atoms with van der Waals surface area (Å²) in [7, 11) is 0. The number of nitrogens with one attached hydrogen (secondary N) is 1. The van der Waals surface area contributed by atoms with E-state index in [4.69, 9.17) is 0 Å². The first-order valence-electron chi connectivity index (χ1n) is 9.17. The molecule has 0 radical (unpaired) electrons. The number of amides is 1. The van der Waals surface area contributed by atoms with Crippen molar-refractivity contribution >= 4 is 17.5 Å². The van der Waals surface area contributed by atoms with Gasteiger partial charge in [-0.3, -0.25) is 14.4 Å². The molecule has 0 aromatic heterocycles. The first-order chi connectivity index (χ1) is 11.8. The Labute approximate surface area is 150 Å². The third-order valence-corrected chi connectivity index (χ3v) is 5.09. The number of hydrogen-bond donors (Lipinski definition) is 1. The second kappa shape index (κ2) is 8.41. The molecule has 1 amide bonds. The lowest BCUT2D eigenvalue weighted by molar-refractivity contribution is -0.136. The number of carbonyl (C=O) groups excluding carboxylic acids is 3. The van der Waals surface area contributed by atoms with Gasteiger partial charge in [0.25, 0.3) is 0 Å². The third-order valence-electron chi connectivity index (χ3n) is 5.09. The zero-order chi connectivity index (χ0) is 18.4. The van der Waals surface area contributed by atoms with E-state index in [9.17, 15) is 14.4 Å². The van der Waals surface area contributed by atoms with Crippen molar-refractivity contribution in [3.63, 3.8) is 0 Å². The maximum absolute atomic E-state index is 12.3. The van der Waals surface area contributed by atoms with Gasteiger partial charge in [-0.2, -0.15) is 0 Å². The van der Waals surface area contributed by atoms with Crippen molar-refractivity contribution in [1.82, 2.24) is 5.32 Å². The number of hydrogen-bond acceptors (Lipinski definition) is 3. The van der Waals surface area contributed by atoms with E-state index < -0.39 is 11.6 Å². The molecule has 1 unspecified atom stereocenters. The largest absolute Gasteiger partial charge is 0.349 e. The molecule has 1 aliphatic carbocycles. The highest BCUT2D eigenvalue weighted by molar-refractivity contribution is 6.36. The minimum Gasteiger partial charge on any atom is -0.349 e. The Balaban J connectivity index is 1.95. The van der Waals surface area contributed by atoms with Crippen LogP contribution in [-0.4, -0.2) is 17.5 Å². The molecule has 0 aliphatic heterocycles. The van der Waals surface area contributed by atoms with Gasteiger partial charge in [-0.25, -0.2) is 0 Å². The Morgan fingerprint density at radius 1 is 1.12 bits per heavy atom. The zero-order valence-corrected chi connectivity index (χ0v) is 15.5. The minimum atomic E-state index is -0.487. The second-order valence-corrected chi connectivity index (χ2v) is 7.87. The van der Waals surface area contributed by atoms with E-state index in [1.807, 2.05) is 30.3 Å². The summed E-state index contributed by atoms with van der Waals surface area (Å²) in [6, 6.07) is 9.90. The lowest BCUT2D eigenvalue weighted by Crippen LogP contribution is -2.30. The van der Waals surface area contributed by atoms with Crippen molar-refractivity contribution in [2.45, 2.75) is 65.3 Å². The Morgan fingerprint density at radius 3 is 2.32 bits per heavy atom. The molecule has 2 atom stereocenters. The van der Waals surface area contributed by atoms with E-state index in [2.05, 4.69) is 19.2 Å². The number of benzene rings is 1. The molecule has 1 aromatic rings. The SMILES string of the molecule is CC(=O)C(=O)CCC(=O)N[C@H](CC(C)CC1(C)CC1)c1ccccc1. The summed E-state index contributed by atoms with van der Waals surface area (Å²) < 4.78 is 0. The van der Waals surface area contributed by atoms with E-state index >= 15 is 0 Å². The van der Waals surface area contributed by atoms with Crippen molar-refractivity contribution in [2.24, 2.45) is 11.3 Å². The highest BCUT2D eigenvalue weighted by atomic mass is 16.2. The summed E-state index contributed by atoms with van der Waals surface area (Å²) in [6.45, 7) is 5.81. The fraction of sp³-hybridized carbons (Fsp3) is 0.571. The molecule has 0 heterocycles. The molecular weight excluding hydrogens is 314 g/mol. The monoisotopic (exact) mass is 343 g/mol. The van der Waals surface area contributed by atoms with Crippen LogP contribution in [0.2, 0.25) is 0 Å². The van der Waals surface area contributed by atoms with Crippen LogP contribution in [0.15, 0.2) is 30.3 Å². The van der Waals surface area contributed by atoms with E-state index in [-0.39, 0.29) is 24.8 Å². The topological polar surface area (TPSA) is 63.2 Å². The average Bonchev–Trinajstić information content (AvgIpc) is 3.29. The average molecular weight is 343 g/mol. The van der Waals surface area contributed by atoms with Crippen LogP contribution >= 0.6 is 0 Å². The van der Waals surface area contributed by atoms with Gasteiger partial charge in [-0.15, -0.1) is 0 Å². The Kier molecular flexibility index (Phi) is 6.51. The van der Waals surface area contributed by atoms with Crippen LogP contribution in [0.3, 0.4) is 0 Å². The molecule has 4 nitrogen and oxygen atoms in total. The van der Waals surface area contributed by atoms with Crippen LogP contribution in [0, 0.1) is 11.3 Å². The van der Waals surface area contributed by atoms with E-state index in [1.54, 1.807) is 0 Å². The maximum Gasteiger partial charge on any atom is 0.220 e. The smallest absolute Gasteiger partial charge is 0.220 e. The molecule has 1 aromatic carbocycles. The molecule has 2 rings (SSSR count). The van der Waals surface area contributed by atoms with Gasteiger partial charge >= 0.3 is 0 Å². The van der Waals surface area contributed by atoms with Crippen molar-refractivity contribution < 1.29 is 14.4 Å². The van der Waals surface area contributed by atoms with Gasteiger partial charge in [0.2, 0.25) is 5.91 Å². The van der Waals surface area contributed by atoms with E-state index in [0.717, 1.165) is 12.0 Å². The van der Waals surface area contributed by atoms with Gasteiger partial charge in [-0.1, -0.05) is 44.2 Å². The summed E-state index contributed by atoms with van der Waals surface area (Å²) in [5.41, 5.74) is 1.57. The highest BCUT2D eigenvalue weighted by Crippen LogP contribution is 2.50. The lowest BCUT2D eigenvalue weighted by atomic mass is 9.88. The standard InChI is InChI=1S/C21H29NO3/c1-15(14-21(3)11-12-21)13-18(17-7-5-4-6-8-17)22-20(25)10-9-19(24)16(2)23/h4-8,15,18H,9-14H2,1-3H3,(H,22,25)/t15?,18-/m1/s1. The summed E-state index contributed by atoms with van der Waals surface area (Å²) in [5, 5.41) is 3.06. The molecule has 1 fully saturated rings. The summed E-state index contributed by atoms with van der Waals surface area (Å²) in [5.74, 6) is -0.634. The number of Topliss-reactive ketones (excluding diaryl/α,β-unsaturated/α-hetero) is 2. The van der Waals surface area contributed by atoms with Crippen molar-refractivity contribution in [1.29, 1.82) is 0 Å². The van der Waals surface area contributed by atoms with Crippen molar-refractivity contribution in [3.8, 4) is 0 Å². The normalized spacial score (nSPS) is 17.4. The molecule has 25 heavy (non-hydrogen) atoms.